The molecule has 0 spiro atoms. The van der Waals surface area contributed by atoms with Crippen LogP contribution in [0, 0.1) is 6.92 Å². The first-order chi connectivity index (χ1) is 8.16. The van der Waals surface area contributed by atoms with Crippen molar-refractivity contribution in [2.45, 2.75) is 13.0 Å². The Morgan fingerprint density at radius 3 is 2.82 bits per heavy atom. The maximum atomic E-state index is 11.9. The van der Waals surface area contributed by atoms with Gasteiger partial charge in [0.1, 0.15) is 6.04 Å². The summed E-state index contributed by atoms with van der Waals surface area (Å²) in [5.41, 5.74) is 7.75. The molecule has 1 heterocycles. The molecule has 1 aromatic carbocycles. The van der Waals surface area contributed by atoms with Crippen molar-refractivity contribution < 1.29 is 4.79 Å². The van der Waals surface area contributed by atoms with Crippen LogP contribution in [0.2, 0.25) is 0 Å². The first-order valence-electron chi connectivity index (χ1n) is 5.33. The van der Waals surface area contributed by atoms with Crippen LogP contribution < -0.4 is 11.1 Å². The summed E-state index contributed by atoms with van der Waals surface area (Å²) in [6.45, 7) is 1.98. The average molecular weight is 246 g/mol. The molecule has 0 saturated heterocycles. The molecule has 3 N–H and O–H groups in total. The predicted octanol–water partition coefficient (Wildman–Crippen LogP) is 2.70. The minimum atomic E-state index is -0.601. The molecule has 4 heteroatoms. The van der Waals surface area contributed by atoms with Gasteiger partial charge in [-0.15, -0.1) is 11.3 Å². The number of rotatable bonds is 3. The Morgan fingerprint density at radius 2 is 2.18 bits per heavy atom. The van der Waals surface area contributed by atoms with Crippen LogP contribution in [-0.4, -0.2) is 5.91 Å². The molecule has 0 radical (unpaired) electrons. The van der Waals surface area contributed by atoms with Crippen molar-refractivity contribution in [2.24, 2.45) is 5.73 Å². The zero-order valence-corrected chi connectivity index (χ0v) is 10.3. The fourth-order valence-electron chi connectivity index (χ4n) is 1.54. The molecule has 0 fully saturated rings. The van der Waals surface area contributed by atoms with Crippen LogP contribution in [0.5, 0.6) is 0 Å². The Morgan fingerprint density at radius 1 is 1.35 bits per heavy atom. The van der Waals surface area contributed by atoms with E-state index in [9.17, 15) is 4.79 Å². The molecular weight excluding hydrogens is 232 g/mol. The maximum Gasteiger partial charge on any atom is 0.246 e. The molecule has 88 valence electrons. The van der Waals surface area contributed by atoms with E-state index in [1.165, 1.54) is 11.3 Å². The van der Waals surface area contributed by atoms with Crippen LogP contribution in [0.3, 0.4) is 0 Å². The number of hydrogen-bond acceptors (Lipinski definition) is 3. The highest BCUT2D eigenvalue weighted by atomic mass is 32.1. The Labute approximate surface area is 104 Å². The second-order valence-electron chi connectivity index (χ2n) is 3.85. The number of amides is 1. The standard InChI is InChI=1S/C13H14N2OS/c1-9-4-2-5-10(8-9)15-13(16)12(14)11-6-3-7-17-11/h2-8,12H,14H2,1H3,(H,15,16). The largest absolute Gasteiger partial charge is 0.324 e. The van der Waals surface area contributed by atoms with E-state index < -0.39 is 6.04 Å². The normalized spacial score (nSPS) is 12.1. The van der Waals surface area contributed by atoms with Gasteiger partial charge in [0.2, 0.25) is 5.91 Å². The van der Waals surface area contributed by atoms with Gasteiger partial charge < -0.3 is 11.1 Å². The number of carbonyl (C=O) groups is 1. The van der Waals surface area contributed by atoms with E-state index in [2.05, 4.69) is 5.32 Å². The van der Waals surface area contributed by atoms with Crippen LogP contribution in [0.15, 0.2) is 41.8 Å². The Kier molecular flexibility index (Phi) is 3.56. The molecule has 0 aliphatic carbocycles. The molecule has 2 aromatic rings. The average Bonchev–Trinajstić information content (AvgIpc) is 2.81. The van der Waals surface area contributed by atoms with E-state index in [0.717, 1.165) is 16.1 Å². The number of aryl methyl sites for hydroxylation is 1. The van der Waals surface area contributed by atoms with E-state index in [1.54, 1.807) is 0 Å². The Hall–Kier alpha value is -1.65. The van der Waals surface area contributed by atoms with Gasteiger partial charge in [-0.3, -0.25) is 4.79 Å². The number of benzene rings is 1. The summed E-state index contributed by atoms with van der Waals surface area (Å²) in [7, 11) is 0. The van der Waals surface area contributed by atoms with Gasteiger partial charge in [0.05, 0.1) is 0 Å². The van der Waals surface area contributed by atoms with Crippen LogP contribution in [0.4, 0.5) is 5.69 Å². The number of thiophene rings is 1. The summed E-state index contributed by atoms with van der Waals surface area (Å²) in [5.74, 6) is -0.182. The molecule has 1 unspecified atom stereocenters. The van der Waals surface area contributed by atoms with Gasteiger partial charge in [-0.2, -0.15) is 0 Å². The third-order valence-corrected chi connectivity index (χ3v) is 3.37. The highest BCUT2D eigenvalue weighted by Gasteiger charge is 2.16. The van der Waals surface area contributed by atoms with Gasteiger partial charge in [-0.25, -0.2) is 0 Å². The van der Waals surface area contributed by atoms with Crippen molar-refractivity contribution in [3.63, 3.8) is 0 Å². The SMILES string of the molecule is Cc1cccc(NC(=O)C(N)c2cccs2)c1. The Bertz CT molecular complexity index is 508. The fraction of sp³-hybridized carbons (Fsp3) is 0.154. The quantitative estimate of drug-likeness (QED) is 0.874. The molecule has 1 atom stereocenters. The van der Waals surface area contributed by atoms with Gasteiger partial charge in [0.15, 0.2) is 0 Å². The van der Waals surface area contributed by atoms with Crippen molar-refractivity contribution in [1.82, 2.24) is 0 Å². The summed E-state index contributed by atoms with van der Waals surface area (Å²) >= 11 is 1.49. The molecule has 1 amide bonds. The minimum Gasteiger partial charge on any atom is -0.324 e. The van der Waals surface area contributed by atoms with Crippen LogP contribution in [0.25, 0.3) is 0 Å². The third-order valence-electron chi connectivity index (χ3n) is 2.42. The van der Waals surface area contributed by atoms with Crippen molar-refractivity contribution in [3.05, 3.63) is 52.2 Å². The van der Waals surface area contributed by atoms with Gasteiger partial charge >= 0.3 is 0 Å². The van der Waals surface area contributed by atoms with Crippen molar-refractivity contribution in [3.8, 4) is 0 Å². The lowest BCUT2D eigenvalue weighted by Crippen LogP contribution is -2.26. The Balaban J connectivity index is 2.07. The van der Waals surface area contributed by atoms with Crippen molar-refractivity contribution >= 4 is 22.9 Å². The molecule has 2 rings (SSSR count). The molecule has 17 heavy (non-hydrogen) atoms. The lowest BCUT2D eigenvalue weighted by Gasteiger charge is -2.10. The lowest BCUT2D eigenvalue weighted by atomic mass is 10.2. The van der Waals surface area contributed by atoms with Gasteiger partial charge in [-0.1, -0.05) is 18.2 Å². The van der Waals surface area contributed by atoms with Crippen LogP contribution in [0.1, 0.15) is 16.5 Å². The minimum absolute atomic E-state index is 0.182. The number of nitrogens with one attached hydrogen (secondary N) is 1. The monoisotopic (exact) mass is 246 g/mol. The molecule has 0 saturated carbocycles. The van der Waals surface area contributed by atoms with E-state index in [4.69, 9.17) is 5.73 Å². The second-order valence-corrected chi connectivity index (χ2v) is 4.83. The number of hydrogen-bond donors (Lipinski definition) is 2. The van der Waals surface area contributed by atoms with E-state index in [0.29, 0.717) is 0 Å². The summed E-state index contributed by atoms with van der Waals surface area (Å²) < 4.78 is 0. The van der Waals surface area contributed by atoms with E-state index in [1.807, 2.05) is 48.7 Å². The summed E-state index contributed by atoms with van der Waals surface area (Å²) in [6, 6.07) is 10.8. The number of carbonyl (C=O) groups excluding carboxylic acids is 1. The van der Waals surface area contributed by atoms with Crippen molar-refractivity contribution in [2.75, 3.05) is 5.32 Å². The van der Waals surface area contributed by atoms with Crippen molar-refractivity contribution in [1.29, 1.82) is 0 Å². The van der Waals surface area contributed by atoms with Gasteiger partial charge in [0, 0.05) is 10.6 Å². The first kappa shape index (κ1) is 11.8. The topological polar surface area (TPSA) is 55.1 Å². The molecule has 0 aliphatic heterocycles. The third kappa shape index (κ3) is 2.93. The maximum absolute atomic E-state index is 11.9. The van der Waals surface area contributed by atoms with E-state index in [-0.39, 0.29) is 5.91 Å². The zero-order valence-electron chi connectivity index (χ0n) is 9.51. The molecule has 0 aliphatic rings. The predicted molar refractivity (Wildman–Crippen MR) is 71.1 cm³/mol. The van der Waals surface area contributed by atoms with Gasteiger partial charge in [-0.05, 0) is 36.1 Å². The number of nitrogens with two attached hydrogens (primary N) is 1. The second kappa shape index (κ2) is 5.12. The summed E-state index contributed by atoms with van der Waals surface area (Å²) in [4.78, 5) is 12.8. The van der Waals surface area contributed by atoms with Crippen LogP contribution >= 0.6 is 11.3 Å². The summed E-state index contributed by atoms with van der Waals surface area (Å²) in [5, 5.41) is 4.73. The number of anilines is 1. The fourth-order valence-corrected chi connectivity index (χ4v) is 2.27. The summed E-state index contributed by atoms with van der Waals surface area (Å²) in [6.07, 6.45) is 0. The highest BCUT2D eigenvalue weighted by molar-refractivity contribution is 7.10. The molecule has 0 bridgehead atoms. The zero-order chi connectivity index (χ0) is 12.3. The van der Waals surface area contributed by atoms with E-state index >= 15 is 0 Å². The lowest BCUT2D eigenvalue weighted by molar-refractivity contribution is -0.117. The van der Waals surface area contributed by atoms with Crippen LogP contribution in [-0.2, 0) is 4.79 Å². The highest BCUT2D eigenvalue weighted by Crippen LogP contribution is 2.19. The first-order valence-corrected chi connectivity index (χ1v) is 6.21. The smallest absolute Gasteiger partial charge is 0.246 e. The molecular formula is C13H14N2OS. The van der Waals surface area contributed by atoms with Gasteiger partial charge in [0.25, 0.3) is 0 Å². The molecule has 1 aromatic heterocycles. The molecule has 3 nitrogen and oxygen atoms in total.